The zero-order chi connectivity index (χ0) is 21.4. The van der Waals surface area contributed by atoms with E-state index in [1.165, 1.54) is 0 Å². The molecule has 1 saturated heterocycles. The third-order valence-electron chi connectivity index (χ3n) is 6.05. The maximum absolute atomic E-state index is 12.9. The zero-order valence-electron chi connectivity index (χ0n) is 17.1. The fraction of sp³-hybridized carbons (Fsp3) is 0.240. The van der Waals surface area contributed by atoms with Crippen LogP contribution in [0.5, 0.6) is 0 Å². The third kappa shape index (κ3) is 3.77. The number of anilines is 3. The minimum atomic E-state index is -0.412. The van der Waals surface area contributed by atoms with Gasteiger partial charge >= 0.3 is 0 Å². The summed E-state index contributed by atoms with van der Waals surface area (Å²) in [5.41, 5.74) is 3.36. The molecule has 5 rings (SSSR count). The van der Waals surface area contributed by atoms with E-state index >= 15 is 0 Å². The summed E-state index contributed by atoms with van der Waals surface area (Å²) >= 11 is 0. The molecule has 2 aliphatic heterocycles. The lowest BCUT2D eigenvalue weighted by atomic mass is 10.1. The molecule has 156 valence electrons. The van der Waals surface area contributed by atoms with Gasteiger partial charge in [0.25, 0.3) is 0 Å². The zero-order valence-corrected chi connectivity index (χ0v) is 17.1. The van der Waals surface area contributed by atoms with Gasteiger partial charge < -0.3 is 15.5 Å². The van der Waals surface area contributed by atoms with Gasteiger partial charge in [-0.15, -0.1) is 0 Å². The number of nitrogens with zero attached hydrogens (tertiary/aromatic N) is 1. The summed E-state index contributed by atoms with van der Waals surface area (Å²) in [7, 11) is 0. The smallest absolute Gasteiger partial charge is 0.229 e. The van der Waals surface area contributed by atoms with Crippen molar-refractivity contribution in [2.24, 2.45) is 5.92 Å². The van der Waals surface area contributed by atoms with Gasteiger partial charge in [-0.25, -0.2) is 0 Å². The Labute approximate surface area is 180 Å². The molecule has 31 heavy (non-hydrogen) atoms. The van der Waals surface area contributed by atoms with E-state index in [0.29, 0.717) is 18.7 Å². The topological polar surface area (TPSA) is 78.5 Å². The largest absolute Gasteiger partial charge is 0.326 e. The van der Waals surface area contributed by atoms with Crippen LogP contribution >= 0.6 is 0 Å². The molecule has 0 aromatic heterocycles. The van der Waals surface area contributed by atoms with Crippen LogP contribution in [0, 0.1) is 5.92 Å². The monoisotopic (exact) mass is 413 g/mol. The summed E-state index contributed by atoms with van der Waals surface area (Å²) in [4.78, 5) is 39.1. The molecule has 6 nitrogen and oxygen atoms in total. The van der Waals surface area contributed by atoms with Crippen LogP contribution in [0.2, 0.25) is 0 Å². The van der Waals surface area contributed by atoms with Crippen molar-refractivity contribution in [2.45, 2.75) is 25.7 Å². The molecule has 0 radical (unpaired) electrons. The van der Waals surface area contributed by atoms with Crippen LogP contribution in [0.3, 0.4) is 0 Å². The average molecular weight is 413 g/mol. The number of carbonyl (C=O) groups excluding carboxylic acids is 3. The molecular formula is C25H23N3O3. The van der Waals surface area contributed by atoms with Gasteiger partial charge in [0.05, 0.1) is 11.6 Å². The van der Waals surface area contributed by atoms with Crippen molar-refractivity contribution >= 4 is 45.6 Å². The molecule has 0 aliphatic carbocycles. The van der Waals surface area contributed by atoms with Crippen LogP contribution in [-0.2, 0) is 20.8 Å². The molecule has 3 aromatic carbocycles. The number of amides is 3. The van der Waals surface area contributed by atoms with E-state index in [4.69, 9.17) is 0 Å². The molecule has 0 spiro atoms. The van der Waals surface area contributed by atoms with Crippen LogP contribution in [0.15, 0.2) is 60.7 Å². The van der Waals surface area contributed by atoms with Crippen molar-refractivity contribution in [3.8, 4) is 0 Å². The van der Waals surface area contributed by atoms with Gasteiger partial charge in [0, 0.05) is 36.1 Å². The Bertz CT molecular complexity index is 1200. The first-order valence-corrected chi connectivity index (χ1v) is 10.6. The first-order valence-electron chi connectivity index (χ1n) is 10.6. The van der Waals surface area contributed by atoms with Crippen molar-refractivity contribution in [3.63, 3.8) is 0 Å². The number of aryl methyl sites for hydroxylation is 1. The number of hydrogen-bond acceptors (Lipinski definition) is 3. The Morgan fingerprint density at radius 1 is 1.00 bits per heavy atom. The molecule has 1 fully saturated rings. The fourth-order valence-corrected chi connectivity index (χ4v) is 4.46. The Kier molecular flexibility index (Phi) is 4.90. The van der Waals surface area contributed by atoms with Crippen molar-refractivity contribution in [1.82, 2.24) is 0 Å². The Balaban J connectivity index is 1.33. The van der Waals surface area contributed by atoms with E-state index in [1.54, 1.807) is 11.0 Å². The lowest BCUT2D eigenvalue weighted by Gasteiger charge is -2.19. The first-order chi connectivity index (χ1) is 15.1. The molecule has 3 amide bonds. The van der Waals surface area contributed by atoms with Crippen molar-refractivity contribution in [1.29, 1.82) is 0 Å². The fourth-order valence-electron chi connectivity index (χ4n) is 4.46. The maximum atomic E-state index is 12.9. The van der Waals surface area contributed by atoms with Crippen LogP contribution in [0.25, 0.3) is 10.8 Å². The van der Waals surface area contributed by atoms with E-state index in [0.717, 1.165) is 40.6 Å². The quantitative estimate of drug-likeness (QED) is 0.678. The predicted octanol–water partition coefficient (Wildman–Crippen LogP) is 4.11. The van der Waals surface area contributed by atoms with Gasteiger partial charge in [-0.1, -0.05) is 36.4 Å². The van der Waals surface area contributed by atoms with Crippen LogP contribution in [-0.4, -0.2) is 24.3 Å². The lowest BCUT2D eigenvalue weighted by Crippen LogP contribution is -2.28. The SMILES string of the molecule is O=C1CCCc2cc(NC(=O)C3CC(=O)N(c4cccc5ccccc45)C3)ccc2N1. The number of carbonyl (C=O) groups is 3. The maximum Gasteiger partial charge on any atom is 0.229 e. The van der Waals surface area contributed by atoms with E-state index in [-0.39, 0.29) is 24.1 Å². The molecule has 3 aromatic rings. The van der Waals surface area contributed by atoms with Gasteiger partial charge in [-0.05, 0) is 48.1 Å². The van der Waals surface area contributed by atoms with Crippen molar-refractivity contribution in [2.75, 3.05) is 22.1 Å². The number of nitrogens with one attached hydrogen (secondary N) is 2. The highest BCUT2D eigenvalue weighted by molar-refractivity contribution is 6.08. The summed E-state index contributed by atoms with van der Waals surface area (Å²) in [6.07, 6.45) is 2.27. The second-order valence-corrected chi connectivity index (χ2v) is 8.17. The number of benzene rings is 3. The first kappa shape index (κ1) is 19.3. The van der Waals surface area contributed by atoms with Crippen LogP contribution in [0.1, 0.15) is 24.8 Å². The number of rotatable bonds is 3. The van der Waals surface area contributed by atoms with Crippen LogP contribution < -0.4 is 15.5 Å². The molecule has 2 N–H and O–H groups in total. The van der Waals surface area contributed by atoms with E-state index in [1.807, 2.05) is 54.6 Å². The van der Waals surface area contributed by atoms with Gasteiger partial charge in [-0.2, -0.15) is 0 Å². The van der Waals surface area contributed by atoms with Gasteiger partial charge in [0.2, 0.25) is 17.7 Å². The molecule has 6 heteroatoms. The summed E-state index contributed by atoms with van der Waals surface area (Å²) < 4.78 is 0. The molecule has 2 aliphatic rings. The Morgan fingerprint density at radius 2 is 1.84 bits per heavy atom. The van der Waals surface area contributed by atoms with Crippen LogP contribution in [0.4, 0.5) is 17.1 Å². The van der Waals surface area contributed by atoms with E-state index in [2.05, 4.69) is 10.6 Å². The standard InChI is InChI=1S/C25H23N3O3/c29-23-10-4-7-17-13-19(11-12-21(17)27-23)26-25(31)18-14-24(30)28(15-18)22-9-3-6-16-5-1-2-8-20(16)22/h1-3,5-6,8-9,11-13,18H,4,7,10,14-15H2,(H,26,31)(H,27,29). The lowest BCUT2D eigenvalue weighted by molar-refractivity contribution is -0.122. The number of fused-ring (bicyclic) bond motifs is 2. The summed E-state index contributed by atoms with van der Waals surface area (Å²) in [5.74, 6) is -0.589. The highest BCUT2D eigenvalue weighted by Gasteiger charge is 2.35. The minimum absolute atomic E-state index is 0.0218. The summed E-state index contributed by atoms with van der Waals surface area (Å²) in [6, 6.07) is 19.4. The Morgan fingerprint density at radius 3 is 2.74 bits per heavy atom. The van der Waals surface area contributed by atoms with Gasteiger partial charge in [-0.3, -0.25) is 14.4 Å². The summed E-state index contributed by atoms with van der Waals surface area (Å²) in [6.45, 7) is 0.361. The predicted molar refractivity (Wildman–Crippen MR) is 121 cm³/mol. The highest BCUT2D eigenvalue weighted by Crippen LogP contribution is 2.32. The second-order valence-electron chi connectivity index (χ2n) is 8.17. The second kappa shape index (κ2) is 7.87. The van der Waals surface area contributed by atoms with Gasteiger partial charge in [0.1, 0.15) is 0 Å². The van der Waals surface area contributed by atoms with E-state index < -0.39 is 5.92 Å². The summed E-state index contributed by atoms with van der Waals surface area (Å²) in [5, 5.41) is 7.94. The third-order valence-corrected chi connectivity index (χ3v) is 6.05. The molecule has 0 saturated carbocycles. The molecule has 2 heterocycles. The number of hydrogen-bond donors (Lipinski definition) is 2. The molecule has 1 unspecified atom stereocenters. The molecule has 1 atom stereocenters. The highest BCUT2D eigenvalue weighted by atomic mass is 16.2. The van der Waals surface area contributed by atoms with Gasteiger partial charge in [0.15, 0.2) is 0 Å². The minimum Gasteiger partial charge on any atom is -0.326 e. The normalized spacial score (nSPS) is 18.5. The Hall–Kier alpha value is -3.67. The van der Waals surface area contributed by atoms with Crippen molar-refractivity contribution in [3.05, 3.63) is 66.2 Å². The molecule has 0 bridgehead atoms. The molecular weight excluding hydrogens is 390 g/mol. The average Bonchev–Trinajstić information content (AvgIpc) is 3.06. The van der Waals surface area contributed by atoms with E-state index in [9.17, 15) is 14.4 Å². The van der Waals surface area contributed by atoms with Crippen molar-refractivity contribution < 1.29 is 14.4 Å².